The minimum atomic E-state index is -0.998. The van der Waals surface area contributed by atoms with E-state index in [2.05, 4.69) is 10.6 Å². The van der Waals surface area contributed by atoms with Crippen molar-refractivity contribution in [3.8, 4) is 11.5 Å². The van der Waals surface area contributed by atoms with Crippen molar-refractivity contribution in [2.75, 3.05) is 10.2 Å². The van der Waals surface area contributed by atoms with E-state index in [1.165, 1.54) is 29.2 Å². The lowest BCUT2D eigenvalue weighted by atomic mass is 10.00. The van der Waals surface area contributed by atoms with Gasteiger partial charge in [-0.05, 0) is 74.9 Å². The number of phenols is 2. The van der Waals surface area contributed by atoms with E-state index in [9.17, 15) is 24.6 Å². The molecular formula is C28H31N3O5. The van der Waals surface area contributed by atoms with Crippen LogP contribution in [0.2, 0.25) is 0 Å². The summed E-state index contributed by atoms with van der Waals surface area (Å²) in [5.41, 5.74) is 0.967. The van der Waals surface area contributed by atoms with E-state index in [4.69, 9.17) is 0 Å². The van der Waals surface area contributed by atoms with Gasteiger partial charge in [-0.2, -0.15) is 0 Å². The van der Waals surface area contributed by atoms with Crippen LogP contribution >= 0.6 is 0 Å². The van der Waals surface area contributed by atoms with Crippen molar-refractivity contribution in [3.63, 3.8) is 0 Å². The second kappa shape index (κ2) is 11.4. The predicted molar refractivity (Wildman–Crippen MR) is 139 cm³/mol. The first-order valence-electron chi connectivity index (χ1n) is 11.6. The Morgan fingerprint density at radius 2 is 1.36 bits per heavy atom. The van der Waals surface area contributed by atoms with Crippen LogP contribution in [-0.2, 0) is 14.4 Å². The molecule has 0 radical (unpaired) electrons. The van der Waals surface area contributed by atoms with E-state index in [1.54, 1.807) is 48.5 Å². The molecule has 8 heteroatoms. The lowest BCUT2D eigenvalue weighted by molar-refractivity contribution is -0.128. The van der Waals surface area contributed by atoms with Crippen LogP contribution < -0.4 is 15.5 Å². The van der Waals surface area contributed by atoms with Gasteiger partial charge in [0.15, 0.2) is 0 Å². The standard InChI is InChI=1S/C28H31N3O5/c1-28(2,3)30-27(36)26(19-7-5-4-6-8-19)31(21-11-15-23(33)16-12-21)25(35)18-17-24(34)29-20-9-13-22(32)14-10-20/h4-16,26,32-33H,17-18H2,1-3H3,(H,29,34)(H,30,36). The summed E-state index contributed by atoms with van der Waals surface area (Å²) >= 11 is 0. The molecule has 1 unspecified atom stereocenters. The topological polar surface area (TPSA) is 119 Å². The maximum atomic E-state index is 13.6. The maximum Gasteiger partial charge on any atom is 0.248 e. The number of hydrogen-bond acceptors (Lipinski definition) is 5. The summed E-state index contributed by atoms with van der Waals surface area (Å²) in [5, 5.41) is 24.8. The van der Waals surface area contributed by atoms with Gasteiger partial charge in [0.1, 0.15) is 17.5 Å². The monoisotopic (exact) mass is 489 g/mol. The van der Waals surface area contributed by atoms with E-state index in [1.807, 2.05) is 26.8 Å². The summed E-state index contributed by atoms with van der Waals surface area (Å²) in [6.45, 7) is 5.56. The van der Waals surface area contributed by atoms with Crippen molar-refractivity contribution in [2.45, 2.75) is 45.2 Å². The van der Waals surface area contributed by atoms with Crippen molar-refractivity contribution in [2.24, 2.45) is 0 Å². The molecule has 3 aromatic rings. The Morgan fingerprint density at radius 1 is 0.806 bits per heavy atom. The molecular weight excluding hydrogens is 458 g/mol. The number of nitrogens with one attached hydrogen (secondary N) is 2. The molecule has 0 spiro atoms. The summed E-state index contributed by atoms with van der Waals surface area (Å²) < 4.78 is 0. The fourth-order valence-corrected chi connectivity index (χ4v) is 3.65. The molecule has 0 saturated heterocycles. The fourth-order valence-electron chi connectivity index (χ4n) is 3.65. The van der Waals surface area contributed by atoms with Gasteiger partial charge in [0.05, 0.1) is 0 Å². The Labute approximate surface area is 210 Å². The number of benzene rings is 3. The van der Waals surface area contributed by atoms with Gasteiger partial charge >= 0.3 is 0 Å². The largest absolute Gasteiger partial charge is 0.508 e. The number of amides is 3. The van der Waals surface area contributed by atoms with Crippen molar-refractivity contribution in [1.82, 2.24) is 5.32 Å². The number of hydrogen-bond donors (Lipinski definition) is 4. The minimum absolute atomic E-state index is 0.0230. The Balaban J connectivity index is 1.90. The normalized spacial score (nSPS) is 11.9. The number of carbonyl (C=O) groups is 3. The molecule has 3 amide bonds. The first-order valence-corrected chi connectivity index (χ1v) is 11.6. The van der Waals surface area contributed by atoms with Crippen LogP contribution in [0.3, 0.4) is 0 Å². The lowest BCUT2D eigenvalue weighted by Crippen LogP contribution is -2.49. The maximum absolute atomic E-state index is 13.6. The van der Waals surface area contributed by atoms with Gasteiger partial charge in [-0.3, -0.25) is 19.3 Å². The third kappa shape index (κ3) is 7.33. The SMILES string of the molecule is CC(C)(C)NC(=O)C(c1ccccc1)N(C(=O)CCC(=O)Nc1ccc(O)cc1)c1ccc(O)cc1. The first kappa shape index (κ1) is 26.3. The molecule has 188 valence electrons. The van der Waals surface area contributed by atoms with E-state index in [0.717, 1.165) is 0 Å². The highest BCUT2D eigenvalue weighted by Gasteiger charge is 2.34. The van der Waals surface area contributed by atoms with Crippen LogP contribution in [0.25, 0.3) is 0 Å². The second-order valence-corrected chi connectivity index (χ2v) is 9.43. The summed E-state index contributed by atoms with van der Waals surface area (Å²) in [6, 6.07) is 20.0. The van der Waals surface area contributed by atoms with Gasteiger partial charge in [0, 0.05) is 29.8 Å². The zero-order chi connectivity index (χ0) is 26.3. The molecule has 0 fully saturated rings. The van der Waals surface area contributed by atoms with Crippen LogP contribution in [0.5, 0.6) is 11.5 Å². The molecule has 0 bridgehead atoms. The highest BCUT2D eigenvalue weighted by atomic mass is 16.3. The van der Waals surface area contributed by atoms with E-state index in [-0.39, 0.29) is 36.2 Å². The Bertz CT molecular complexity index is 1190. The number of carbonyl (C=O) groups excluding carboxylic acids is 3. The summed E-state index contributed by atoms with van der Waals surface area (Å²) in [7, 11) is 0. The zero-order valence-electron chi connectivity index (χ0n) is 20.6. The van der Waals surface area contributed by atoms with Crippen molar-refractivity contribution < 1.29 is 24.6 Å². The average molecular weight is 490 g/mol. The van der Waals surface area contributed by atoms with Crippen LogP contribution in [0.15, 0.2) is 78.9 Å². The fraction of sp³-hybridized carbons (Fsp3) is 0.250. The van der Waals surface area contributed by atoms with Gasteiger partial charge < -0.3 is 20.8 Å². The van der Waals surface area contributed by atoms with Crippen molar-refractivity contribution in [3.05, 3.63) is 84.4 Å². The number of nitrogens with zero attached hydrogens (tertiary/aromatic N) is 1. The number of aromatic hydroxyl groups is 2. The minimum Gasteiger partial charge on any atom is -0.508 e. The Hall–Kier alpha value is -4.33. The lowest BCUT2D eigenvalue weighted by Gasteiger charge is -2.34. The molecule has 0 aliphatic carbocycles. The number of phenolic OH excluding ortho intramolecular Hbond substituents is 2. The van der Waals surface area contributed by atoms with Crippen LogP contribution in [0.4, 0.5) is 11.4 Å². The van der Waals surface area contributed by atoms with Crippen molar-refractivity contribution in [1.29, 1.82) is 0 Å². The summed E-state index contributed by atoms with van der Waals surface area (Å²) in [5.74, 6) is -1.08. The summed E-state index contributed by atoms with van der Waals surface area (Å²) in [4.78, 5) is 41.0. The average Bonchev–Trinajstić information content (AvgIpc) is 2.82. The third-order valence-corrected chi connectivity index (χ3v) is 5.23. The highest BCUT2D eigenvalue weighted by molar-refractivity contribution is 6.03. The van der Waals surface area contributed by atoms with Crippen LogP contribution in [-0.4, -0.2) is 33.5 Å². The Morgan fingerprint density at radius 3 is 1.92 bits per heavy atom. The van der Waals surface area contributed by atoms with Gasteiger partial charge in [0.25, 0.3) is 0 Å². The van der Waals surface area contributed by atoms with E-state index < -0.39 is 17.5 Å². The molecule has 1 atom stereocenters. The van der Waals surface area contributed by atoms with Gasteiger partial charge in [-0.25, -0.2) is 0 Å². The molecule has 0 saturated carbocycles. The molecule has 4 N–H and O–H groups in total. The quantitative estimate of drug-likeness (QED) is 0.347. The van der Waals surface area contributed by atoms with Gasteiger partial charge in [-0.15, -0.1) is 0 Å². The highest BCUT2D eigenvalue weighted by Crippen LogP contribution is 2.30. The molecule has 0 heterocycles. The molecule has 0 aliphatic heterocycles. The van der Waals surface area contributed by atoms with Gasteiger partial charge in [-0.1, -0.05) is 30.3 Å². The molecule has 36 heavy (non-hydrogen) atoms. The van der Waals surface area contributed by atoms with Crippen molar-refractivity contribution >= 4 is 29.1 Å². The number of rotatable bonds is 8. The van der Waals surface area contributed by atoms with Crippen LogP contribution in [0.1, 0.15) is 45.2 Å². The molecule has 3 aromatic carbocycles. The second-order valence-electron chi connectivity index (χ2n) is 9.43. The smallest absolute Gasteiger partial charge is 0.248 e. The van der Waals surface area contributed by atoms with E-state index >= 15 is 0 Å². The molecule has 3 rings (SSSR count). The third-order valence-electron chi connectivity index (χ3n) is 5.23. The van der Waals surface area contributed by atoms with E-state index in [0.29, 0.717) is 16.9 Å². The Kier molecular flexibility index (Phi) is 8.32. The van der Waals surface area contributed by atoms with Crippen LogP contribution in [0, 0.1) is 0 Å². The number of anilines is 2. The first-order chi connectivity index (χ1) is 17.0. The molecule has 8 nitrogen and oxygen atoms in total. The zero-order valence-corrected chi connectivity index (χ0v) is 20.6. The molecule has 0 aliphatic rings. The summed E-state index contributed by atoms with van der Waals surface area (Å²) in [6.07, 6.45) is -0.270. The van der Waals surface area contributed by atoms with Gasteiger partial charge in [0.2, 0.25) is 17.7 Å². The predicted octanol–water partition coefficient (Wildman–Crippen LogP) is 4.51. The molecule has 0 aromatic heterocycles.